The van der Waals surface area contributed by atoms with E-state index in [9.17, 15) is 4.79 Å². The first-order chi connectivity index (χ1) is 13.7. The maximum atomic E-state index is 12.4. The summed E-state index contributed by atoms with van der Waals surface area (Å²) >= 11 is 0. The topological polar surface area (TPSA) is 90.4 Å². The third-order valence-electron chi connectivity index (χ3n) is 3.96. The van der Waals surface area contributed by atoms with E-state index in [1.807, 2.05) is 12.1 Å². The van der Waals surface area contributed by atoms with Gasteiger partial charge in [-0.2, -0.15) is 0 Å². The molecule has 0 atom stereocenters. The Morgan fingerprint density at radius 2 is 1.96 bits per heavy atom. The molecule has 140 valence electrons. The predicted molar refractivity (Wildman–Crippen MR) is 102 cm³/mol. The van der Waals surface area contributed by atoms with E-state index in [1.54, 1.807) is 62.0 Å². The number of anilines is 1. The monoisotopic (exact) mass is 375 g/mol. The fraction of sp³-hybridized carbons (Fsp3) is 0.0952. The first kappa shape index (κ1) is 17.5. The lowest BCUT2D eigenvalue weighted by atomic mass is 10.2. The van der Waals surface area contributed by atoms with E-state index in [2.05, 4.69) is 15.3 Å². The van der Waals surface area contributed by atoms with Crippen LogP contribution in [-0.2, 0) is 11.2 Å². The van der Waals surface area contributed by atoms with Crippen molar-refractivity contribution < 1.29 is 18.4 Å². The van der Waals surface area contributed by atoms with Crippen molar-refractivity contribution in [3.05, 3.63) is 78.6 Å². The molecule has 0 unspecified atom stereocenters. The Labute approximate surface area is 161 Å². The maximum Gasteiger partial charge on any atom is 0.263 e. The number of amides is 1. The van der Waals surface area contributed by atoms with Gasteiger partial charge in [-0.15, -0.1) is 0 Å². The van der Waals surface area contributed by atoms with Crippen LogP contribution in [0, 0.1) is 6.92 Å². The smallest absolute Gasteiger partial charge is 0.263 e. The van der Waals surface area contributed by atoms with Crippen LogP contribution in [0.3, 0.4) is 0 Å². The summed E-state index contributed by atoms with van der Waals surface area (Å²) in [6, 6.07) is 14.2. The van der Waals surface area contributed by atoms with Crippen molar-refractivity contribution in [2.45, 2.75) is 13.3 Å². The predicted octanol–water partition coefficient (Wildman–Crippen LogP) is 4.61. The number of aromatic nitrogens is 2. The first-order valence-corrected chi connectivity index (χ1v) is 8.65. The standard InChI is InChI=1S/C21H17N3O4/c1-14-18(24-21(27-14)19-6-3-11-26-19)13-20(25)23-15-4-2-5-17(12-15)28-16-7-9-22-10-8-16/h2-12H,13H2,1H3,(H,23,25). The summed E-state index contributed by atoms with van der Waals surface area (Å²) in [5, 5.41) is 2.85. The Morgan fingerprint density at radius 1 is 1.11 bits per heavy atom. The zero-order valence-electron chi connectivity index (χ0n) is 15.1. The number of nitrogens with zero attached hydrogens (tertiary/aromatic N) is 2. The normalized spacial score (nSPS) is 10.6. The Morgan fingerprint density at radius 3 is 2.75 bits per heavy atom. The molecule has 1 amide bonds. The van der Waals surface area contributed by atoms with Crippen LogP contribution in [0.4, 0.5) is 5.69 Å². The molecule has 1 N–H and O–H groups in total. The van der Waals surface area contributed by atoms with E-state index in [4.69, 9.17) is 13.6 Å². The number of carbonyl (C=O) groups is 1. The van der Waals surface area contributed by atoms with E-state index in [1.165, 1.54) is 0 Å². The van der Waals surface area contributed by atoms with Gasteiger partial charge in [-0.3, -0.25) is 9.78 Å². The largest absolute Gasteiger partial charge is 0.459 e. The van der Waals surface area contributed by atoms with Crippen LogP contribution >= 0.6 is 0 Å². The molecule has 0 aliphatic rings. The Kier molecular flexibility index (Phi) is 4.88. The van der Waals surface area contributed by atoms with E-state index in [-0.39, 0.29) is 12.3 Å². The minimum Gasteiger partial charge on any atom is -0.459 e. The second-order valence-electron chi connectivity index (χ2n) is 6.04. The molecule has 1 aromatic carbocycles. The first-order valence-electron chi connectivity index (χ1n) is 8.65. The van der Waals surface area contributed by atoms with Gasteiger partial charge in [0.1, 0.15) is 17.3 Å². The fourth-order valence-corrected chi connectivity index (χ4v) is 2.63. The quantitative estimate of drug-likeness (QED) is 0.529. The van der Waals surface area contributed by atoms with Gasteiger partial charge < -0.3 is 18.9 Å². The highest BCUT2D eigenvalue weighted by Gasteiger charge is 2.16. The van der Waals surface area contributed by atoms with E-state index >= 15 is 0 Å². The SMILES string of the molecule is Cc1oc(-c2ccco2)nc1CC(=O)Nc1cccc(Oc2ccncc2)c1. The summed E-state index contributed by atoms with van der Waals surface area (Å²) in [6.07, 6.45) is 4.93. The number of benzene rings is 1. The number of aryl methyl sites for hydroxylation is 1. The lowest BCUT2D eigenvalue weighted by molar-refractivity contribution is -0.115. The molecule has 7 nitrogen and oxygen atoms in total. The molecular formula is C21H17N3O4. The minimum atomic E-state index is -0.205. The van der Waals surface area contributed by atoms with Crippen LogP contribution in [-0.4, -0.2) is 15.9 Å². The van der Waals surface area contributed by atoms with Crippen molar-refractivity contribution in [1.29, 1.82) is 0 Å². The van der Waals surface area contributed by atoms with Crippen molar-refractivity contribution in [2.24, 2.45) is 0 Å². The third-order valence-corrected chi connectivity index (χ3v) is 3.96. The van der Waals surface area contributed by atoms with Gasteiger partial charge in [0.25, 0.3) is 5.89 Å². The zero-order valence-corrected chi connectivity index (χ0v) is 15.1. The number of hydrogen-bond donors (Lipinski definition) is 1. The van der Waals surface area contributed by atoms with Crippen molar-refractivity contribution in [1.82, 2.24) is 9.97 Å². The molecule has 3 heterocycles. The second-order valence-corrected chi connectivity index (χ2v) is 6.04. The van der Waals surface area contributed by atoms with E-state index < -0.39 is 0 Å². The summed E-state index contributed by atoms with van der Waals surface area (Å²) in [6.45, 7) is 1.77. The number of oxazole rings is 1. The summed E-state index contributed by atoms with van der Waals surface area (Å²) in [5.41, 5.74) is 1.19. The van der Waals surface area contributed by atoms with Crippen molar-refractivity contribution in [3.8, 4) is 23.1 Å². The van der Waals surface area contributed by atoms with Gasteiger partial charge in [0, 0.05) is 24.1 Å². The molecular weight excluding hydrogens is 358 g/mol. The molecule has 28 heavy (non-hydrogen) atoms. The van der Waals surface area contributed by atoms with Crippen LogP contribution in [0.25, 0.3) is 11.7 Å². The number of nitrogens with one attached hydrogen (secondary N) is 1. The van der Waals surface area contributed by atoms with E-state index in [0.29, 0.717) is 40.3 Å². The second kappa shape index (κ2) is 7.79. The molecule has 0 aliphatic carbocycles. The van der Waals surface area contributed by atoms with Crippen molar-refractivity contribution in [3.63, 3.8) is 0 Å². The molecule has 4 aromatic rings. The van der Waals surface area contributed by atoms with Gasteiger partial charge in [0.2, 0.25) is 5.91 Å². The Balaban J connectivity index is 1.42. The summed E-state index contributed by atoms with van der Waals surface area (Å²) in [5.74, 6) is 2.54. The average molecular weight is 375 g/mol. The number of carbonyl (C=O) groups excluding carboxylic acids is 1. The molecule has 0 aliphatic heterocycles. The molecule has 0 saturated heterocycles. The van der Waals surface area contributed by atoms with Gasteiger partial charge in [-0.1, -0.05) is 6.07 Å². The van der Waals surface area contributed by atoms with Crippen LogP contribution < -0.4 is 10.1 Å². The highest BCUT2D eigenvalue weighted by molar-refractivity contribution is 5.92. The summed E-state index contributed by atoms with van der Waals surface area (Å²) in [4.78, 5) is 20.7. The van der Waals surface area contributed by atoms with Crippen LogP contribution in [0.1, 0.15) is 11.5 Å². The molecule has 0 fully saturated rings. The zero-order chi connectivity index (χ0) is 19.3. The molecule has 0 spiro atoms. The summed E-state index contributed by atoms with van der Waals surface area (Å²) < 4.78 is 16.6. The fourth-order valence-electron chi connectivity index (χ4n) is 2.63. The average Bonchev–Trinajstić information content (AvgIpc) is 3.33. The van der Waals surface area contributed by atoms with Crippen molar-refractivity contribution >= 4 is 11.6 Å². The minimum absolute atomic E-state index is 0.0888. The molecule has 0 radical (unpaired) electrons. The number of furan rings is 1. The van der Waals surface area contributed by atoms with Crippen LogP contribution in [0.5, 0.6) is 11.5 Å². The molecule has 7 heteroatoms. The van der Waals surface area contributed by atoms with Crippen LogP contribution in [0.2, 0.25) is 0 Å². The van der Waals surface area contributed by atoms with Gasteiger partial charge in [-0.25, -0.2) is 4.98 Å². The van der Waals surface area contributed by atoms with Gasteiger partial charge in [-0.05, 0) is 43.3 Å². The highest BCUT2D eigenvalue weighted by atomic mass is 16.5. The van der Waals surface area contributed by atoms with Crippen LogP contribution in [0.15, 0.2) is 76.0 Å². The van der Waals surface area contributed by atoms with Gasteiger partial charge in [0.15, 0.2) is 5.76 Å². The molecule has 0 bridgehead atoms. The molecule has 0 saturated carbocycles. The number of ether oxygens (including phenoxy) is 1. The summed E-state index contributed by atoms with van der Waals surface area (Å²) in [7, 11) is 0. The van der Waals surface area contributed by atoms with Crippen molar-refractivity contribution in [2.75, 3.05) is 5.32 Å². The lowest BCUT2D eigenvalue weighted by Crippen LogP contribution is -2.15. The molecule has 4 rings (SSSR count). The number of rotatable bonds is 6. The molecule has 3 aromatic heterocycles. The van der Waals surface area contributed by atoms with Gasteiger partial charge in [0.05, 0.1) is 18.4 Å². The Hall–Kier alpha value is -3.87. The maximum absolute atomic E-state index is 12.4. The number of pyridine rings is 1. The number of hydrogen-bond acceptors (Lipinski definition) is 6. The van der Waals surface area contributed by atoms with E-state index in [0.717, 1.165) is 0 Å². The lowest BCUT2D eigenvalue weighted by Gasteiger charge is -2.08. The third kappa shape index (κ3) is 4.09. The van der Waals surface area contributed by atoms with Gasteiger partial charge >= 0.3 is 0 Å². The Bertz CT molecular complexity index is 1070. The highest BCUT2D eigenvalue weighted by Crippen LogP contribution is 2.25.